The number of amides is 1. The number of carbonyl (C=O) groups is 1. The fraction of sp³-hybridized carbons (Fsp3) is 0.211. The maximum atomic E-state index is 12.6. The molecule has 2 aromatic heterocycles. The number of carbonyl (C=O) groups excluding carboxylic acids is 1. The molecular weight excluding hydrogens is 318 g/mol. The fourth-order valence-electron chi connectivity index (χ4n) is 3.27. The van der Waals surface area contributed by atoms with Gasteiger partial charge in [-0.2, -0.15) is 4.98 Å². The Morgan fingerprint density at radius 2 is 1.96 bits per heavy atom. The summed E-state index contributed by atoms with van der Waals surface area (Å²) in [4.78, 5) is 18.6. The molecular formula is C19H17N3O3. The van der Waals surface area contributed by atoms with Crippen molar-refractivity contribution in [2.24, 2.45) is 0 Å². The number of hydrogen-bond acceptors (Lipinski definition) is 5. The van der Waals surface area contributed by atoms with Crippen LogP contribution in [-0.2, 0) is 4.79 Å². The smallest absolute Gasteiger partial charge is 0.246 e. The van der Waals surface area contributed by atoms with E-state index in [-0.39, 0.29) is 17.7 Å². The molecule has 1 aliphatic rings. The predicted octanol–water partition coefficient (Wildman–Crippen LogP) is 3.09. The van der Waals surface area contributed by atoms with Gasteiger partial charge >= 0.3 is 0 Å². The molecule has 4 rings (SSSR count). The summed E-state index contributed by atoms with van der Waals surface area (Å²) in [6.07, 6.45) is 6.14. The third-order valence-corrected chi connectivity index (χ3v) is 4.50. The number of furan rings is 1. The molecule has 25 heavy (non-hydrogen) atoms. The Morgan fingerprint density at radius 1 is 1.12 bits per heavy atom. The predicted molar refractivity (Wildman–Crippen MR) is 90.5 cm³/mol. The van der Waals surface area contributed by atoms with E-state index in [1.54, 1.807) is 24.5 Å². The molecule has 126 valence electrons. The van der Waals surface area contributed by atoms with E-state index in [0.717, 1.165) is 0 Å². The minimum absolute atomic E-state index is 0.0158. The molecule has 6 nitrogen and oxygen atoms in total. The van der Waals surface area contributed by atoms with Gasteiger partial charge in [-0.25, -0.2) is 0 Å². The van der Waals surface area contributed by atoms with Gasteiger partial charge < -0.3 is 13.8 Å². The van der Waals surface area contributed by atoms with Crippen LogP contribution < -0.4 is 0 Å². The Labute approximate surface area is 144 Å². The van der Waals surface area contributed by atoms with Crippen LogP contribution >= 0.6 is 0 Å². The molecule has 0 N–H and O–H groups in total. The Hall–Kier alpha value is -3.15. The number of aromatic nitrogens is 2. The Morgan fingerprint density at radius 3 is 2.68 bits per heavy atom. The summed E-state index contributed by atoms with van der Waals surface area (Å²) in [6.45, 7) is 1.17. The first-order valence-corrected chi connectivity index (χ1v) is 8.13. The van der Waals surface area contributed by atoms with Crippen molar-refractivity contribution < 1.29 is 13.7 Å². The lowest BCUT2D eigenvalue weighted by Crippen LogP contribution is -2.27. The van der Waals surface area contributed by atoms with Crippen LogP contribution in [0.25, 0.3) is 6.08 Å². The summed E-state index contributed by atoms with van der Waals surface area (Å²) >= 11 is 0. The lowest BCUT2D eigenvalue weighted by Gasteiger charge is -2.15. The Kier molecular flexibility index (Phi) is 4.16. The van der Waals surface area contributed by atoms with Crippen molar-refractivity contribution in [3.05, 3.63) is 78.3 Å². The topological polar surface area (TPSA) is 72.4 Å². The van der Waals surface area contributed by atoms with Gasteiger partial charge in [0.2, 0.25) is 12.3 Å². The molecule has 1 amide bonds. The summed E-state index contributed by atoms with van der Waals surface area (Å²) in [5, 5.41) is 4.00. The van der Waals surface area contributed by atoms with Crippen molar-refractivity contribution in [3.8, 4) is 0 Å². The minimum Gasteiger partial charge on any atom is -0.465 e. The van der Waals surface area contributed by atoms with Gasteiger partial charge in [0.25, 0.3) is 0 Å². The van der Waals surface area contributed by atoms with E-state index in [0.29, 0.717) is 24.7 Å². The molecule has 2 atom stereocenters. The van der Waals surface area contributed by atoms with Crippen LogP contribution in [0.4, 0.5) is 0 Å². The van der Waals surface area contributed by atoms with Gasteiger partial charge in [-0.1, -0.05) is 35.5 Å². The molecule has 3 aromatic rings. The summed E-state index contributed by atoms with van der Waals surface area (Å²) in [6, 6.07) is 13.7. The summed E-state index contributed by atoms with van der Waals surface area (Å²) in [5.41, 5.74) is 1.17. The van der Waals surface area contributed by atoms with Gasteiger partial charge in [0.1, 0.15) is 5.76 Å². The monoisotopic (exact) mass is 335 g/mol. The normalized spacial score (nSPS) is 20.4. The van der Waals surface area contributed by atoms with Gasteiger partial charge in [0.05, 0.1) is 6.26 Å². The molecule has 1 saturated heterocycles. The van der Waals surface area contributed by atoms with E-state index >= 15 is 0 Å². The first kappa shape index (κ1) is 15.4. The third kappa shape index (κ3) is 3.24. The fourth-order valence-corrected chi connectivity index (χ4v) is 3.27. The zero-order valence-corrected chi connectivity index (χ0v) is 13.5. The highest BCUT2D eigenvalue weighted by molar-refractivity contribution is 5.91. The van der Waals surface area contributed by atoms with E-state index in [1.165, 1.54) is 12.0 Å². The number of nitrogens with zero attached hydrogens (tertiary/aromatic N) is 3. The minimum atomic E-state index is -0.0525. The van der Waals surface area contributed by atoms with E-state index in [1.807, 2.05) is 29.2 Å². The molecule has 3 heterocycles. The highest BCUT2D eigenvalue weighted by Crippen LogP contribution is 2.38. The van der Waals surface area contributed by atoms with Crippen molar-refractivity contribution >= 4 is 12.0 Å². The second-order valence-electron chi connectivity index (χ2n) is 6.01. The van der Waals surface area contributed by atoms with Crippen molar-refractivity contribution in [2.75, 3.05) is 13.1 Å². The van der Waals surface area contributed by atoms with E-state index in [2.05, 4.69) is 22.3 Å². The number of likely N-dealkylation sites (tertiary alicyclic amines) is 1. The van der Waals surface area contributed by atoms with Crippen molar-refractivity contribution in [3.63, 3.8) is 0 Å². The largest absolute Gasteiger partial charge is 0.465 e. The zero-order valence-electron chi connectivity index (χ0n) is 13.5. The molecule has 0 spiro atoms. The average Bonchev–Trinajstić information content (AvgIpc) is 3.41. The van der Waals surface area contributed by atoms with Crippen molar-refractivity contribution in [1.29, 1.82) is 0 Å². The number of hydrogen-bond donors (Lipinski definition) is 0. The Bertz CT molecular complexity index is 841. The van der Waals surface area contributed by atoms with Crippen molar-refractivity contribution in [2.45, 2.75) is 11.8 Å². The molecule has 2 unspecified atom stereocenters. The first-order valence-electron chi connectivity index (χ1n) is 8.13. The highest BCUT2D eigenvalue weighted by Gasteiger charge is 2.38. The maximum Gasteiger partial charge on any atom is 0.246 e. The van der Waals surface area contributed by atoms with Crippen LogP contribution in [0.2, 0.25) is 0 Å². The molecule has 1 aliphatic heterocycles. The van der Waals surface area contributed by atoms with E-state index in [9.17, 15) is 4.79 Å². The van der Waals surface area contributed by atoms with Crippen LogP contribution in [0.5, 0.6) is 0 Å². The van der Waals surface area contributed by atoms with Crippen LogP contribution in [0.3, 0.4) is 0 Å². The van der Waals surface area contributed by atoms with Gasteiger partial charge in [-0.3, -0.25) is 4.79 Å². The lowest BCUT2D eigenvalue weighted by molar-refractivity contribution is -0.125. The second kappa shape index (κ2) is 6.76. The quantitative estimate of drug-likeness (QED) is 0.685. The molecule has 1 fully saturated rings. The van der Waals surface area contributed by atoms with Crippen LogP contribution in [0.15, 0.2) is 70.1 Å². The first-order chi connectivity index (χ1) is 12.3. The third-order valence-electron chi connectivity index (χ3n) is 4.50. The van der Waals surface area contributed by atoms with Gasteiger partial charge in [0, 0.05) is 31.0 Å². The van der Waals surface area contributed by atoms with Gasteiger partial charge in [-0.05, 0) is 23.8 Å². The summed E-state index contributed by atoms with van der Waals surface area (Å²) in [5.74, 6) is 1.39. The standard InChI is InChI=1S/C19H17N3O3/c23-18(9-8-15-7-4-10-24-15)22-11-16(14-5-2-1-3-6-14)17(12-22)19-20-13-25-21-19/h1-10,13,16-17H,11-12H2/b9-8+. The van der Waals surface area contributed by atoms with Crippen LogP contribution in [0.1, 0.15) is 29.0 Å². The summed E-state index contributed by atoms with van der Waals surface area (Å²) < 4.78 is 10.1. The average molecular weight is 335 g/mol. The van der Waals surface area contributed by atoms with Crippen molar-refractivity contribution in [1.82, 2.24) is 15.0 Å². The molecule has 0 bridgehead atoms. The van der Waals surface area contributed by atoms with Crippen LogP contribution in [-0.4, -0.2) is 34.0 Å². The molecule has 1 aromatic carbocycles. The molecule has 0 saturated carbocycles. The SMILES string of the molecule is O=C(/C=C/c1ccco1)N1CC(c2ccccc2)C(c2ncon2)C1. The Balaban J connectivity index is 1.56. The van der Waals surface area contributed by atoms with Gasteiger partial charge in [-0.15, -0.1) is 0 Å². The maximum absolute atomic E-state index is 12.6. The molecule has 0 aliphatic carbocycles. The number of rotatable bonds is 4. The van der Waals surface area contributed by atoms with E-state index in [4.69, 9.17) is 8.94 Å². The van der Waals surface area contributed by atoms with Gasteiger partial charge in [0.15, 0.2) is 5.82 Å². The summed E-state index contributed by atoms with van der Waals surface area (Å²) in [7, 11) is 0. The lowest BCUT2D eigenvalue weighted by atomic mass is 9.88. The molecule has 0 radical (unpaired) electrons. The van der Waals surface area contributed by atoms with E-state index < -0.39 is 0 Å². The number of benzene rings is 1. The zero-order chi connectivity index (χ0) is 17.1. The second-order valence-corrected chi connectivity index (χ2v) is 6.01. The highest BCUT2D eigenvalue weighted by atomic mass is 16.5. The molecule has 6 heteroatoms. The van der Waals surface area contributed by atoms with Crippen LogP contribution in [0, 0.1) is 0 Å².